The van der Waals surface area contributed by atoms with E-state index in [1.54, 1.807) is 0 Å². The molecule has 1 fully saturated rings. The van der Waals surface area contributed by atoms with Gasteiger partial charge in [-0.25, -0.2) is 0 Å². The maximum atomic E-state index is 3.74. The normalized spacial score (nSPS) is 24.4. The minimum Gasteiger partial charge on any atom is -0.310 e. The summed E-state index contributed by atoms with van der Waals surface area (Å²) in [4.78, 5) is 0. The summed E-state index contributed by atoms with van der Waals surface area (Å²) in [5.74, 6) is 1.82. The van der Waals surface area contributed by atoms with E-state index < -0.39 is 0 Å². The van der Waals surface area contributed by atoms with E-state index in [-0.39, 0.29) is 0 Å². The Hall–Kier alpha value is -0.820. The zero-order chi connectivity index (χ0) is 13.0. The molecule has 1 aromatic rings. The SMILES string of the molecule is Cc1ccccc1CNC1CCC(C(C)C)CC1. The third-order valence-electron chi connectivity index (χ3n) is 4.56. The minimum atomic E-state index is 0.736. The molecule has 0 aliphatic heterocycles. The van der Waals surface area contributed by atoms with Crippen molar-refractivity contribution >= 4 is 0 Å². The monoisotopic (exact) mass is 245 g/mol. The van der Waals surface area contributed by atoms with Gasteiger partial charge in [-0.15, -0.1) is 0 Å². The van der Waals surface area contributed by atoms with Gasteiger partial charge in [0.05, 0.1) is 0 Å². The highest BCUT2D eigenvalue weighted by Crippen LogP contribution is 2.29. The van der Waals surface area contributed by atoms with Crippen molar-refractivity contribution in [2.24, 2.45) is 11.8 Å². The summed E-state index contributed by atoms with van der Waals surface area (Å²) < 4.78 is 0. The highest BCUT2D eigenvalue weighted by molar-refractivity contribution is 5.25. The molecule has 100 valence electrons. The second-order valence-electron chi connectivity index (χ2n) is 6.16. The van der Waals surface area contributed by atoms with E-state index in [4.69, 9.17) is 0 Å². The molecule has 0 spiro atoms. The molecule has 1 aliphatic carbocycles. The molecule has 18 heavy (non-hydrogen) atoms. The lowest BCUT2D eigenvalue weighted by molar-refractivity contribution is 0.238. The molecule has 1 N–H and O–H groups in total. The standard InChI is InChI=1S/C17H27N/c1-13(2)15-8-10-17(11-9-15)18-12-16-7-5-4-6-14(16)3/h4-7,13,15,17-18H,8-12H2,1-3H3. The van der Waals surface area contributed by atoms with Crippen LogP contribution in [0.25, 0.3) is 0 Å². The molecular weight excluding hydrogens is 218 g/mol. The smallest absolute Gasteiger partial charge is 0.0210 e. The first kappa shape index (κ1) is 13.6. The van der Waals surface area contributed by atoms with Crippen molar-refractivity contribution < 1.29 is 0 Å². The van der Waals surface area contributed by atoms with Gasteiger partial charge in [0.2, 0.25) is 0 Å². The van der Waals surface area contributed by atoms with Crippen molar-refractivity contribution in [3.63, 3.8) is 0 Å². The predicted octanol–water partition coefficient (Wildman–Crippen LogP) is 4.30. The first-order chi connectivity index (χ1) is 8.66. The van der Waals surface area contributed by atoms with Crippen LogP contribution in [0.15, 0.2) is 24.3 Å². The van der Waals surface area contributed by atoms with Crippen molar-refractivity contribution in [3.8, 4) is 0 Å². The van der Waals surface area contributed by atoms with Gasteiger partial charge in [-0.3, -0.25) is 0 Å². The third-order valence-corrected chi connectivity index (χ3v) is 4.56. The topological polar surface area (TPSA) is 12.0 Å². The van der Waals surface area contributed by atoms with E-state index in [2.05, 4.69) is 50.4 Å². The Bertz CT molecular complexity index is 362. The molecule has 0 amide bonds. The zero-order valence-electron chi connectivity index (χ0n) is 12.1. The fourth-order valence-electron chi connectivity index (χ4n) is 3.05. The molecule has 0 radical (unpaired) electrons. The first-order valence-electron chi connectivity index (χ1n) is 7.44. The summed E-state index contributed by atoms with van der Waals surface area (Å²) in [5.41, 5.74) is 2.85. The van der Waals surface area contributed by atoms with E-state index in [0.717, 1.165) is 24.4 Å². The van der Waals surface area contributed by atoms with Gasteiger partial charge in [0.25, 0.3) is 0 Å². The third kappa shape index (κ3) is 3.58. The van der Waals surface area contributed by atoms with Gasteiger partial charge >= 0.3 is 0 Å². The highest BCUT2D eigenvalue weighted by atomic mass is 14.9. The largest absolute Gasteiger partial charge is 0.310 e. The average molecular weight is 245 g/mol. The number of nitrogens with one attached hydrogen (secondary N) is 1. The Kier molecular flexibility index (Phi) is 4.82. The Morgan fingerprint density at radius 2 is 1.78 bits per heavy atom. The minimum absolute atomic E-state index is 0.736. The van der Waals surface area contributed by atoms with E-state index in [1.807, 2.05) is 0 Å². The summed E-state index contributed by atoms with van der Waals surface area (Å²) in [7, 11) is 0. The Morgan fingerprint density at radius 3 is 2.39 bits per heavy atom. The van der Waals surface area contributed by atoms with Gasteiger partial charge < -0.3 is 5.32 Å². The number of hydrogen-bond acceptors (Lipinski definition) is 1. The van der Waals surface area contributed by atoms with Crippen LogP contribution < -0.4 is 5.32 Å². The zero-order valence-corrected chi connectivity index (χ0v) is 12.1. The second kappa shape index (κ2) is 6.38. The average Bonchev–Trinajstić information content (AvgIpc) is 2.38. The van der Waals surface area contributed by atoms with Crippen LogP contribution in [0.2, 0.25) is 0 Å². The molecule has 0 bridgehead atoms. The number of aryl methyl sites for hydroxylation is 1. The molecule has 0 atom stereocenters. The maximum Gasteiger partial charge on any atom is 0.0210 e. The quantitative estimate of drug-likeness (QED) is 0.834. The van der Waals surface area contributed by atoms with E-state index >= 15 is 0 Å². The summed E-state index contributed by atoms with van der Waals surface area (Å²) in [6.45, 7) is 7.97. The van der Waals surface area contributed by atoms with Gasteiger partial charge in [-0.1, -0.05) is 38.1 Å². The molecule has 1 aliphatic rings. The first-order valence-corrected chi connectivity index (χ1v) is 7.44. The van der Waals surface area contributed by atoms with Crippen molar-refractivity contribution in [2.45, 2.75) is 59.0 Å². The van der Waals surface area contributed by atoms with Crippen LogP contribution in [-0.2, 0) is 6.54 Å². The maximum absolute atomic E-state index is 3.74. The van der Waals surface area contributed by atoms with Crippen LogP contribution in [-0.4, -0.2) is 6.04 Å². The van der Waals surface area contributed by atoms with Crippen molar-refractivity contribution in [2.75, 3.05) is 0 Å². The van der Waals surface area contributed by atoms with Crippen molar-refractivity contribution in [1.29, 1.82) is 0 Å². The molecule has 0 saturated heterocycles. The van der Waals surface area contributed by atoms with Crippen LogP contribution in [0.5, 0.6) is 0 Å². The number of hydrogen-bond donors (Lipinski definition) is 1. The summed E-state index contributed by atoms with van der Waals surface area (Å²) >= 11 is 0. The van der Waals surface area contributed by atoms with Crippen molar-refractivity contribution in [3.05, 3.63) is 35.4 Å². The van der Waals surface area contributed by atoms with Crippen molar-refractivity contribution in [1.82, 2.24) is 5.32 Å². The fraction of sp³-hybridized carbons (Fsp3) is 0.647. The molecule has 2 rings (SSSR count). The van der Waals surface area contributed by atoms with Gasteiger partial charge in [-0.05, 0) is 55.6 Å². The molecule has 1 saturated carbocycles. The lowest BCUT2D eigenvalue weighted by atomic mass is 9.79. The van der Waals surface area contributed by atoms with Crippen LogP contribution in [0, 0.1) is 18.8 Å². The molecule has 1 heteroatoms. The highest BCUT2D eigenvalue weighted by Gasteiger charge is 2.22. The molecule has 0 aromatic heterocycles. The van der Waals surface area contributed by atoms with Gasteiger partial charge in [0, 0.05) is 12.6 Å². The van der Waals surface area contributed by atoms with Crippen LogP contribution >= 0.6 is 0 Å². The molecule has 0 heterocycles. The molecule has 1 aromatic carbocycles. The molecule has 1 nitrogen and oxygen atoms in total. The van der Waals surface area contributed by atoms with Crippen LogP contribution in [0.3, 0.4) is 0 Å². The molecule has 0 unspecified atom stereocenters. The Labute approximate surface area is 112 Å². The summed E-state index contributed by atoms with van der Waals surface area (Å²) in [6, 6.07) is 9.43. The van der Waals surface area contributed by atoms with Gasteiger partial charge in [-0.2, -0.15) is 0 Å². The van der Waals surface area contributed by atoms with Gasteiger partial charge in [0.15, 0.2) is 0 Å². The molecular formula is C17H27N. The lowest BCUT2D eigenvalue weighted by Gasteiger charge is -2.31. The summed E-state index contributed by atoms with van der Waals surface area (Å²) in [6.07, 6.45) is 5.52. The number of rotatable bonds is 4. The van der Waals surface area contributed by atoms with Gasteiger partial charge in [0.1, 0.15) is 0 Å². The Balaban J connectivity index is 1.77. The van der Waals surface area contributed by atoms with E-state index in [9.17, 15) is 0 Å². The lowest BCUT2D eigenvalue weighted by Crippen LogP contribution is -2.33. The van der Waals surface area contributed by atoms with Crippen LogP contribution in [0.1, 0.15) is 50.7 Å². The Morgan fingerprint density at radius 1 is 1.11 bits per heavy atom. The number of benzene rings is 1. The van der Waals surface area contributed by atoms with Crippen LogP contribution in [0.4, 0.5) is 0 Å². The summed E-state index contributed by atoms with van der Waals surface area (Å²) in [5, 5.41) is 3.74. The second-order valence-corrected chi connectivity index (χ2v) is 6.16. The van der Waals surface area contributed by atoms with E-state index in [0.29, 0.717) is 0 Å². The predicted molar refractivity (Wildman–Crippen MR) is 78.6 cm³/mol. The fourth-order valence-corrected chi connectivity index (χ4v) is 3.05. The van der Waals surface area contributed by atoms with E-state index in [1.165, 1.54) is 36.8 Å².